The van der Waals surface area contributed by atoms with Gasteiger partial charge in [-0.05, 0) is 69.2 Å². The lowest BCUT2D eigenvalue weighted by Gasteiger charge is -2.33. The van der Waals surface area contributed by atoms with Crippen LogP contribution in [-0.4, -0.2) is 67.7 Å². The van der Waals surface area contributed by atoms with Crippen LogP contribution < -0.4 is 5.32 Å². The molecule has 1 fully saturated rings. The Bertz CT molecular complexity index is 931. The highest BCUT2D eigenvalue weighted by Crippen LogP contribution is 2.23. The van der Waals surface area contributed by atoms with E-state index in [1.807, 2.05) is 32.9 Å². The normalized spacial score (nSPS) is 18.4. The summed E-state index contributed by atoms with van der Waals surface area (Å²) in [6.07, 6.45) is 3.19. The van der Waals surface area contributed by atoms with Crippen LogP contribution >= 0.6 is 0 Å². The number of carbonyl (C=O) groups is 2. The van der Waals surface area contributed by atoms with Gasteiger partial charge in [-0.25, -0.2) is 13.2 Å². The molecule has 31 heavy (non-hydrogen) atoms. The standard InChI is InChI=1S/C22H33N3O5S/c1-22(2,3)30-21(27)24-10-7-16(8-11-24)14-23-20(26)18-5-6-19-15-25(31(4,28)29)12-9-17(19)13-18/h5-6,13,16H,7-12,14-15H2,1-4H3,(H,23,26). The van der Waals surface area contributed by atoms with Gasteiger partial charge in [-0.3, -0.25) is 4.79 Å². The topological polar surface area (TPSA) is 96.0 Å². The zero-order chi connectivity index (χ0) is 22.8. The van der Waals surface area contributed by atoms with Gasteiger partial charge in [0.25, 0.3) is 5.91 Å². The van der Waals surface area contributed by atoms with Gasteiger partial charge in [0.2, 0.25) is 10.0 Å². The number of hydrogen-bond donors (Lipinski definition) is 1. The zero-order valence-electron chi connectivity index (χ0n) is 18.8. The summed E-state index contributed by atoms with van der Waals surface area (Å²) in [5.41, 5.74) is 2.07. The Balaban J connectivity index is 1.48. The van der Waals surface area contributed by atoms with Gasteiger partial charge in [-0.15, -0.1) is 0 Å². The highest BCUT2D eigenvalue weighted by Gasteiger charge is 2.27. The molecule has 8 nitrogen and oxygen atoms in total. The number of benzene rings is 1. The van der Waals surface area contributed by atoms with Crippen LogP contribution in [0.4, 0.5) is 4.79 Å². The van der Waals surface area contributed by atoms with Crippen molar-refractivity contribution >= 4 is 22.0 Å². The Morgan fingerprint density at radius 2 is 1.81 bits per heavy atom. The number of likely N-dealkylation sites (tertiary alicyclic amines) is 1. The Hall–Kier alpha value is -2.13. The van der Waals surface area contributed by atoms with Crippen molar-refractivity contribution in [1.82, 2.24) is 14.5 Å². The van der Waals surface area contributed by atoms with Crippen LogP contribution in [0.1, 0.15) is 55.1 Å². The van der Waals surface area contributed by atoms with E-state index >= 15 is 0 Å². The van der Waals surface area contributed by atoms with E-state index in [9.17, 15) is 18.0 Å². The number of nitrogens with zero attached hydrogens (tertiary/aromatic N) is 2. The molecule has 3 rings (SSSR count). The first-order valence-electron chi connectivity index (χ1n) is 10.8. The molecule has 2 aliphatic heterocycles. The van der Waals surface area contributed by atoms with Gasteiger partial charge in [0, 0.05) is 38.3 Å². The third-order valence-electron chi connectivity index (χ3n) is 5.73. The van der Waals surface area contributed by atoms with E-state index in [1.54, 1.807) is 11.0 Å². The highest BCUT2D eigenvalue weighted by atomic mass is 32.2. The molecule has 0 atom stereocenters. The van der Waals surface area contributed by atoms with Crippen LogP contribution in [0, 0.1) is 5.92 Å². The minimum atomic E-state index is -3.21. The van der Waals surface area contributed by atoms with Crippen molar-refractivity contribution in [3.8, 4) is 0 Å². The van der Waals surface area contributed by atoms with Gasteiger partial charge in [0.05, 0.1) is 6.26 Å². The molecule has 0 unspecified atom stereocenters. The molecule has 9 heteroatoms. The van der Waals surface area contributed by atoms with Crippen LogP contribution in [0.2, 0.25) is 0 Å². The van der Waals surface area contributed by atoms with Crippen LogP contribution in [0.5, 0.6) is 0 Å². The molecule has 172 valence electrons. The molecule has 0 saturated carbocycles. The Kier molecular flexibility index (Phi) is 6.95. The van der Waals surface area contributed by atoms with Crippen molar-refractivity contribution in [2.45, 2.75) is 52.2 Å². The predicted octanol–water partition coefficient (Wildman–Crippen LogP) is 2.38. The van der Waals surface area contributed by atoms with Gasteiger partial charge in [-0.1, -0.05) is 6.07 Å². The number of fused-ring (bicyclic) bond motifs is 1. The third kappa shape index (κ3) is 6.43. The summed E-state index contributed by atoms with van der Waals surface area (Å²) in [4.78, 5) is 26.5. The average molecular weight is 452 g/mol. The molecule has 1 aromatic carbocycles. The summed E-state index contributed by atoms with van der Waals surface area (Å²) in [6, 6.07) is 5.47. The number of nitrogens with one attached hydrogen (secondary N) is 1. The van der Waals surface area contributed by atoms with E-state index in [-0.39, 0.29) is 12.0 Å². The lowest BCUT2D eigenvalue weighted by molar-refractivity contribution is 0.0183. The monoisotopic (exact) mass is 451 g/mol. The van der Waals surface area contributed by atoms with Crippen molar-refractivity contribution in [3.05, 3.63) is 34.9 Å². The summed E-state index contributed by atoms with van der Waals surface area (Å²) < 4.78 is 30.4. The summed E-state index contributed by atoms with van der Waals surface area (Å²) in [5, 5.41) is 3.01. The van der Waals surface area contributed by atoms with Gasteiger partial charge >= 0.3 is 6.09 Å². The van der Waals surface area contributed by atoms with Crippen molar-refractivity contribution < 1.29 is 22.7 Å². The minimum Gasteiger partial charge on any atom is -0.444 e. The van der Waals surface area contributed by atoms with E-state index < -0.39 is 15.6 Å². The smallest absolute Gasteiger partial charge is 0.410 e. The molecule has 0 radical (unpaired) electrons. The van der Waals surface area contributed by atoms with Crippen molar-refractivity contribution in [2.24, 2.45) is 5.92 Å². The summed E-state index contributed by atoms with van der Waals surface area (Å²) in [7, 11) is -3.21. The molecule has 1 saturated heterocycles. The fourth-order valence-electron chi connectivity index (χ4n) is 3.94. The number of carbonyl (C=O) groups excluding carboxylic acids is 2. The first-order chi connectivity index (χ1) is 14.4. The van der Waals surface area contributed by atoms with E-state index in [4.69, 9.17) is 4.74 Å². The number of sulfonamides is 1. The second-order valence-electron chi connectivity index (χ2n) is 9.45. The lowest BCUT2D eigenvalue weighted by atomic mass is 9.96. The molecule has 2 heterocycles. The first-order valence-corrected chi connectivity index (χ1v) is 12.6. The van der Waals surface area contributed by atoms with Gasteiger partial charge in [0.1, 0.15) is 5.60 Å². The summed E-state index contributed by atoms with van der Waals surface area (Å²) in [6.45, 7) is 8.19. The molecular formula is C22H33N3O5S. The molecule has 2 aliphatic rings. The Morgan fingerprint density at radius 1 is 1.13 bits per heavy atom. The maximum atomic E-state index is 12.6. The molecular weight excluding hydrogens is 418 g/mol. The second-order valence-corrected chi connectivity index (χ2v) is 11.4. The van der Waals surface area contributed by atoms with Gasteiger partial charge < -0.3 is 15.0 Å². The molecule has 1 aromatic rings. The number of rotatable bonds is 4. The Morgan fingerprint density at radius 3 is 2.42 bits per heavy atom. The maximum absolute atomic E-state index is 12.6. The number of amides is 2. The molecule has 0 aliphatic carbocycles. The molecule has 2 amide bonds. The minimum absolute atomic E-state index is 0.122. The Labute approximate surface area is 185 Å². The SMILES string of the molecule is CC(C)(C)OC(=O)N1CCC(CNC(=O)c2ccc3c(c2)CCN(S(C)(=O)=O)C3)CC1. The van der Waals surface area contributed by atoms with Crippen molar-refractivity contribution in [2.75, 3.05) is 32.4 Å². The predicted molar refractivity (Wildman–Crippen MR) is 118 cm³/mol. The van der Waals surface area contributed by atoms with Gasteiger partial charge in [-0.2, -0.15) is 4.31 Å². The van der Waals surface area contributed by atoms with Gasteiger partial charge in [0.15, 0.2) is 0 Å². The molecule has 0 spiro atoms. The van der Waals surface area contributed by atoms with E-state index in [0.29, 0.717) is 50.6 Å². The van der Waals surface area contributed by atoms with Crippen LogP contribution in [0.3, 0.4) is 0 Å². The first kappa shape index (κ1) is 23.5. The fourth-order valence-corrected chi connectivity index (χ4v) is 4.73. The number of hydrogen-bond acceptors (Lipinski definition) is 5. The number of ether oxygens (including phenoxy) is 1. The zero-order valence-corrected chi connectivity index (χ0v) is 19.6. The highest BCUT2D eigenvalue weighted by molar-refractivity contribution is 7.88. The third-order valence-corrected chi connectivity index (χ3v) is 6.98. The van der Waals surface area contributed by atoms with E-state index in [1.165, 1.54) is 10.6 Å². The van der Waals surface area contributed by atoms with Crippen LogP contribution in [-0.2, 0) is 27.7 Å². The van der Waals surface area contributed by atoms with E-state index in [0.717, 1.165) is 24.0 Å². The number of piperidine rings is 1. The largest absolute Gasteiger partial charge is 0.444 e. The summed E-state index contributed by atoms with van der Waals surface area (Å²) in [5.74, 6) is 0.200. The fraction of sp³-hybridized carbons (Fsp3) is 0.636. The van der Waals surface area contributed by atoms with Crippen molar-refractivity contribution in [1.29, 1.82) is 0 Å². The molecule has 0 bridgehead atoms. The average Bonchev–Trinajstić information content (AvgIpc) is 2.69. The quantitative estimate of drug-likeness (QED) is 0.758. The maximum Gasteiger partial charge on any atom is 0.410 e. The van der Waals surface area contributed by atoms with Crippen LogP contribution in [0.25, 0.3) is 0 Å². The van der Waals surface area contributed by atoms with Crippen molar-refractivity contribution in [3.63, 3.8) is 0 Å². The van der Waals surface area contributed by atoms with E-state index in [2.05, 4.69) is 5.32 Å². The second kappa shape index (κ2) is 9.16. The van der Waals surface area contributed by atoms with Crippen LogP contribution in [0.15, 0.2) is 18.2 Å². The summed E-state index contributed by atoms with van der Waals surface area (Å²) >= 11 is 0. The molecule has 0 aromatic heterocycles. The molecule has 1 N–H and O–H groups in total. The lowest BCUT2D eigenvalue weighted by Crippen LogP contribution is -2.43.